The van der Waals surface area contributed by atoms with Gasteiger partial charge in [-0.25, -0.2) is 9.98 Å². The van der Waals surface area contributed by atoms with E-state index in [1.807, 2.05) is 10.6 Å². The molecule has 0 saturated carbocycles. The minimum atomic E-state index is -0.165. The van der Waals surface area contributed by atoms with Crippen LogP contribution < -0.4 is 10.6 Å². The Balaban J connectivity index is 1.82. The van der Waals surface area contributed by atoms with Gasteiger partial charge in [0.1, 0.15) is 5.82 Å². The first-order valence-electron chi connectivity index (χ1n) is 7.87. The van der Waals surface area contributed by atoms with E-state index in [1.165, 1.54) is 6.21 Å². The van der Waals surface area contributed by atoms with Gasteiger partial charge in [-0.2, -0.15) is 0 Å². The molecule has 4 rings (SSSR count). The third-order valence-electron chi connectivity index (χ3n) is 4.01. The zero-order valence-electron chi connectivity index (χ0n) is 13.8. The van der Waals surface area contributed by atoms with Crippen LogP contribution in [0.25, 0.3) is 17.0 Å². The highest BCUT2D eigenvalue weighted by atomic mass is 16.1. The number of fused-ring (bicyclic) bond motifs is 2. The minimum Gasteiger partial charge on any atom is -0.348 e. The molecule has 4 heterocycles. The number of anilines is 1. The lowest BCUT2D eigenvalue weighted by atomic mass is 10.1. The maximum absolute atomic E-state index is 12.4. The smallest absolute Gasteiger partial charge is 0.254 e. The molecule has 8 nitrogen and oxygen atoms in total. The summed E-state index contributed by atoms with van der Waals surface area (Å²) in [5.41, 5.74) is 4.10. The zero-order valence-corrected chi connectivity index (χ0v) is 13.8. The SMILES string of the molecule is C=C/C=N\C(=C)Nc1cnc(-c2cnc3cnccn23)c2c1C(=O)NC2. The van der Waals surface area contributed by atoms with E-state index in [0.29, 0.717) is 35.0 Å². The second-order valence-electron chi connectivity index (χ2n) is 5.59. The lowest BCUT2D eigenvalue weighted by Crippen LogP contribution is -2.14. The molecule has 0 bridgehead atoms. The van der Waals surface area contributed by atoms with Crippen molar-refractivity contribution in [3.05, 3.63) is 67.2 Å². The summed E-state index contributed by atoms with van der Waals surface area (Å²) in [5.74, 6) is 0.226. The van der Waals surface area contributed by atoms with Crippen molar-refractivity contribution >= 4 is 23.5 Å². The van der Waals surface area contributed by atoms with Crippen LogP contribution in [0.15, 0.2) is 61.0 Å². The summed E-state index contributed by atoms with van der Waals surface area (Å²) < 4.78 is 1.89. The quantitative estimate of drug-likeness (QED) is 0.691. The standard InChI is InChI=1S/C18H15N7O/c1-3-4-20-11(2)24-13-8-22-17(12-7-23-18(26)16(12)13)14-9-21-15-10-19-5-6-25(14)15/h3-6,8-10,24H,1-2,7H2,(H,23,26)/b20-4-. The molecule has 0 fully saturated rings. The number of amides is 1. The average molecular weight is 345 g/mol. The van der Waals surface area contributed by atoms with Crippen molar-refractivity contribution in [3.63, 3.8) is 0 Å². The number of rotatable bonds is 5. The average Bonchev–Trinajstić information content (AvgIpc) is 3.25. The summed E-state index contributed by atoms with van der Waals surface area (Å²) in [6.07, 6.45) is 11.6. The van der Waals surface area contributed by atoms with Gasteiger partial charge in [-0.1, -0.05) is 19.2 Å². The fourth-order valence-corrected chi connectivity index (χ4v) is 2.90. The van der Waals surface area contributed by atoms with Crippen LogP contribution in [0.5, 0.6) is 0 Å². The normalized spacial score (nSPS) is 13.0. The predicted molar refractivity (Wildman–Crippen MR) is 98.8 cm³/mol. The molecule has 1 aliphatic rings. The van der Waals surface area contributed by atoms with Gasteiger partial charge in [0.25, 0.3) is 5.91 Å². The van der Waals surface area contributed by atoms with E-state index in [1.54, 1.807) is 30.9 Å². The summed E-state index contributed by atoms with van der Waals surface area (Å²) in [4.78, 5) is 29.4. The van der Waals surface area contributed by atoms with Gasteiger partial charge in [0.15, 0.2) is 5.65 Å². The maximum Gasteiger partial charge on any atom is 0.254 e. The van der Waals surface area contributed by atoms with Gasteiger partial charge >= 0.3 is 0 Å². The third-order valence-corrected chi connectivity index (χ3v) is 4.01. The maximum atomic E-state index is 12.4. The van der Waals surface area contributed by atoms with Crippen molar-refractivity contribution in [2.45, 2.75) is 6.54 Å². The first-order valence-corrected chi connectivity index (χ1v) is 7.87. The monoisotopic (exact) mass is 345 g/mol. The van der Waals surface area contributed by atoms with E-state index in [-0.39, 0.29) is 5.91 Å². The van der Waals surface area contributed by atoms with Crippen molar-refractivity contribution in [2.75, 3.05) is 5.32 Å². The fourth-order valence-electron chi connectivity index (χ4n) is 2.90. The van der Waals surface area contributed by atoms with Gasteiger partial charge in [0, 0.05) is 30.7 Å². The molecule has 0 aromatic carbocycles. The van der Waals surface area contributed by atoms with Crippen molar-refractivity contribution < 1.29 is 4.79 Å². The van der Waals surface area contributed by atoms with Gasteiger partial charge in [-0.15, -0.1) is 0 Å². The third kappa shape index (κ3) is 2.53. The van der Waals surface area contributed by atoms with Gasteiger partial charge in [0.2, 0.25) is 0 Å². The summed E-state index contributed by atoms with van der Waals surface area (Å²) in [7, 11) is 0. The van der Waals surface area contributed by atoms with Crippen LogP contribution in [-0.4, -0.2) is 31.5 Å². The molecule has 0 aliphatic carbocycles. The number of allylic oxidation sites excluding steroid dienone is 1. The Morgan fingerprint density at radius 1 is 1.35 bits per heavy atom. The summed E-state index contributed by atoms with van der Waals surface area (Å²) in [6.45, 7) is 7.78. The molecule has 3 aromatic rings. The minimum absolute atomic E-state index is 0.165. The van der Waals surface area contributed by atoms with Gasteiger partial charge in [0.05, 0.1) is 41.2 Å². The number of nitrogens with one attached hydrogen (secondary N) is 2. The molecular weight excluding hydrogens is 330 g/mol. The number of imidazole rings is 1. The van der Waals surface area contributed by atoms with Gasteiger partial charge < -0.3 is 10.6 Å². The largest absolute Gasteiger partial charge is 0.348 e. The Morgan fingerprint density at radius 2 is 2.23 bits per heavy atom. The van der Waals surface area contributed by atoms with Crippen molar-refractivity contribution in [1.82, 2.24) is 24.7 Å². The van der Waals surface area contributed by atoms with Crippen LogP contribution in [0.4, 0.5) is 5.69 Å². The molecular formula is C18H15N7O. The van der Waals surface area contributed by atoms with Gasteiger partial charge in [-0.05, 0) is 0 Å². The van der Waals surface area contributed by atoms with Crippen molar-refractivity contribution in [2.24, 2.45) is 4.99 Å². The predicted octanol–water partition coefficient (Wildman–Crippen LogP) is 2.17. The fraction of sp³-hybridized carbons (Fsp3) is 0.0556. The molecule has 1 amide bonds. The van der Waals surface area contributed by atoms with Crippen LogP contribution in [-0.2, 0) is 6.54 Å². The van der Waals surface area contributed by atoms with E-state index < -0.39 is 0 Å². The number of aromatic nitrogens is 4. The summed E-state index contributed by atoms with van der Waals surface area (Å²) >= 11 is 0. The topological polar surface area (TPSA) is 96.6 Å². The molecule has 0 unspecified atom stereocenters. The number of hydrogen-bond acceptors (Lipinski definition) is 6. The van der Waals surface area contributed by atoms with Crippen LogP contribution >= 0.6 is 0 Å². The lowest BCUT2D eigenvalue weighted by molar-refractivity contribution is 0.0966. The second kappa shape index (κ2) is 6.25. The van der Waals surface area contributed by atoms with Gasteiger partial charge in [-0.3, -0.25) is 19.2 Å². The molecule has 128 valence electrons. The van der Waals surface area contributed by atoms with E-state index in [2.05, 4.69) is 43.7 Å². The Labute approximate surface area is 149 Å². The molecule has 8 heteroatoms. The molecule has 2 N–H and O–H groups in total. The molecule has 0 saturated heterocycles. The molecule has 26 heavy (non-hydrogen) atoms. The Hall–Kier alpha value is -3.81. The summed E-state index contributed by atoms with van der Waals surface area (Å²) in [5, 5.41) is 5.87. The number of nitrogens with zero attached hydrogens (tertiary/aromatic N) is 5. The lowest BCUT2D eigenvalue weighted by Gasteiger charge is -2.12. The summed E-state index contributed by atoms with van der Waals surface area (Å²) in [6, 6.07) is 0. The first kappa shape index (κ1) is 15.7. The molecule has 1 aliphatic heterocycles. The highest BCUT2D eigenvalue weighted by molar-refractivity contribution is 6.05. The van der Waals surface area contributed by atoms with Crippen LogP contribution in [0.3, 0.4) is 0 Å². The Kier molecular flexibility index (Phi) is 3.77. The number of pyridine rings is 1. The molecule has 0 spiro atoms. The number of carbonyl (C=O) groups excluding carboxylic acids is 1. The number of aliphatic imine (C=N–C) groups is 1. The van der Waals surface area contributed by atoms with E-state index in [9.17, 15) is 4.79 Å². The molecule has 0 radical (unpaired) electrons. The van der Waals surface area contributed by atoms with E-state index in [0.717, 1.165) is 11.3 Å². The highest BCUT2D eigenvalue weighted by Crippen LogP contribution is 2.32. The van der Waals surface area contributed by atoms with E-state index >= 15 is 0 Å². The first-order chi connectivity index (χ1) is 12.7. The highest BCUT2D eigenvalue weighted by Gasteiger charge is 2.28. The van der Waals surface area contributed by atoms with Crippen molar-refractivity contribution in [1.29, 1.82) is 0 Å². The molecule has 3 aromatic heterocycles. The Bertz CT molecular complexity index is 1080. The Morgan fingerprint density at radius 3 is 3.08 bits per heavy atom. The zero-order chi connectivity index (χ0) is 18.1. The van der Waals surface area contributed by atoms with Crippen LogP contribution in [0.1, 0.15) is 15.9 Å². The number of hydrogen-bond donors (Lipinski definition) is 2. The van der Waals surface area contributed by atoms with Crippen LogP contribution in [0, 0.1) is 0 Å². The van der Waals surface area contributed by atoms with Crippen LogP contribution in [0.2, 0.25) is 0 Å². The molecule has 0 atom stereocenters. The second-order valence-corrected chi connectivity index (χ2v) is 5.59. The van der Waals surface area contributed by atoms with Crippen molar-refractivity contribution in [3.8, 4) is 11.4 Å². The van der Waals surface area contributed by atoms with E-state index in [4.69, 9.17) is 0 Å². The number of carbonyl (C=O) groups is 1.